The minimum absolute atomic E-state index is 0.0921. The van der Waals surface area contributed by atoms with Crippen molar-refractivity contribution in [2.45, 2.75) is 12.6 Å². The van der Waals surface area contributed by atoms with Gasteiger partial charge in [-0.15, -0.1) is 0 Å². The van der Waals surface area contributed by atoms with Crippen molar-refractivity contribution in [3.63, 3.8) is 0 Å². The summed E-state index contributed by atoms with van der Waals surface area (Å²) in [5.41, 5.74) is 0.914. The Morgan fingerprint density at radius 3 is 2.82 bits per heavy atom. The molecule has 1 heterocycles. The molecular weight excluding hydrogens is 222 g/mol. The molecule has 5 heteroatoms. The van der Waals surface area contributed by atoms with Crippen LogP contribution < -0.4 is 5.32 Å². The third kappa shape index (κ3) is 3.59. The molecule has 1 unspecified atom stereocenters. The molecule has 0 aromatic heterocycles. The van der Waals surface area contributed by atoms with Crippen molar-refractivity contribution in [2.75, 3.05) is 26.4 Å². The van der Waals surface area contributed by atoms with Crippen LogP contribution in [-0.4, -0.2) is 42.7 Å². The molecular formula is C12H17NO4. The van der Waals surface area contributed by atoms with Crippen LogP contribution in [0.25, 0.3) is 0 Å². The number of aromatic hydroxyl groups is 2. The molecule has 1 aliphatic rings. The van der Waals surface area contributed by atoms with Crippen molar-refractivity contribution in [2.24, 2.45) is 0 Å². The highest BCUT2D eigenvalue weighted by molar-refractivity contribution is 5.40. The van der Waals surface area contributed by atoms with Crippen LogP contribution in [0.4, 0.5) is 0 Å². The molecule has 94 valence electrons. The van der Waals surface area contributed by atoms with E-state index in [2.05, 4.69) is 5.32 Å². The maximum atomic E-state index is 9.33. The van der Waals surface area contributed by atoms with Crippen LogP contribution in [0.3, 0.4) is 0 Å². The topological polar surface area (TPSA) is 71.0 Å². The van der Waals surface area contributed by atoms with E-state index in [-0.39, 0.29) is 17.6 Å². The molecule has 0 amide bonds. The SMILES string of the molecule is Oc1ccc(CNCC2COCCO2)cc1O. The molecule has 0 bridgehead atoms. The minimum atomic E-state index is -0.0993. The van der Waals surface area contributed by atoms with Crippen molar-refractivity contribution in [1.82, 2.24) is 5.32 Å². The monoisotopic (exact) mass is 239 g/mol. The zero-order chi connectivity index (χ0) is 12.1. The highest BCUT2D eigenvalue weighted by atomic mass is 16.6. The largest absolute Gasteiger partial charge is 0.504 e. The van der Waals surface area contributed by atoms with Crippen molar-refractivity contribution in [1.29, 1.82) is 0 Å². The van der Waals surface area contributed by atoms with Gasteiger partial charge in [0.1, 0.15) is 0 Å². The second-order valence-corrected chi connectivity index (χ2v) is 4.02. The van der Waals surface area contributed by atoms with Crippen LogP contribution in [0.15, 0.2) is 18.2 Å². The van der Waals surface area contributed by atoms with Crippen molar-refractivity contribution < 1.29 is 19.7 Å². The quantitative estimate of drug-likeness (QED) is 0.671. The lowest BCUT2D eigenvalue weighted by atomic mass is 10.2. The molecule has 5 nitrogen and oxygen atoms in total. The van der Waals surface area contributed by atoms with Crippen molar-refractivity contribution >= 4 is 0 Å². The summed E-state index contributed by atoms with van der Waals surface area (Å²) in [6.07, 6.45) is 0.0921. The lowest BCUT2D eigenvalue weighted by Crippen LogP contribution is -2.37. The van der Waals surface area contributed by atoms with E-state index in [1.54, 1.807) is 12.1 Å². The zero-order valence-electron chi connectivity index (χ0n) is 9.56. The van der Waals surface area contributed by atoms with Crippen LogP contribution in [0.2, 0.25) is 0 Å². The summed E-state index contributed by atoms with van der Waals surface area (Å²) in [5.74, 6) is -0.195. The first-order valence-electron chi connectivity index (χ1n) is 5.66. The molecule has 1 fully saturated rings. The van der Waals surface area contributed by atoms with Gasteiger partial charge < -0.3 is 25.0 Å². The van der Waals surface area contributed by atoms with Crippen LogP contribution in [0.1, 0.15) is 5.56 Å². The number of rotatable bonds is 4. The zero-order valence-corrected chi connectivity index (χ0v) is 9.56. The highest BCUT2D eigenvalue weighted by Crippen LogP contribution is 2.24. The fourth-order valence-corrected chi connectivity index (χ4v) is 1.71. The second-order valence-electron chi connectivity index (χ2n) is 4.02. The molecule has 1 saturated heterocycles. The van der Waals surface area contributed by atoms with Gasteiger partial charge >= 0.3 is 0 Å². The Morgan fingerprint density at radius 1 is 1.24 bits per heavy atom. The molecule has 0 aliphatic carbocycles. The number of nitrogens with one attached hydrogen (secondary N) is 1. The van der Waals surface area contributed by atoms with Gasteiger partial charge in [-0.2, -0.15) is 0 Å². The molecule has 3 N–H and O–H groups in total. The summed E-state index contributed by atoms with van der Waals surface area (Å²) in [4.78, 5) is 0. The smallest absolute Gasteiger partial charge is 0.157 e. The van der Waals surface area contributed by atoms with Gasteiger partial charge in [-0.1, -0.05) is 6.07 Å². The number of hydrogen-bond donors (Lipinski definition) is 3. The van der Waals surface area contributed by atoms with Gasteiger partial charge in [0.05, 0.1) is 25.9 Å². The Bertz CT molecular complexity index is 364. The maximum absolute atomic E-state index is 9.33. The van der Waals surface area contributed by atoms with Gasteiger partial charge in [0.15, 0.2) is 11.5 Å². The average Bonchev–Trinajstić information content (AvgIpc) is 2.35. The fraction of sp³-hybridized carbons (Fsp3) is 0.500. The van der Waals surface area contributed by atoms with Gasteiger partial charge in [-0.05, 0) is 17.7 Å². The Morgan fingerprint density at radius 2 is 2.12 bits per heavy atom. The van der Waals surface area contributed by atoms with Crippen LogP contribution in [0, 0.1) is 0 Å². The summed E-state index contributed by atoms with van der Waals surface area (Å²) in [7, 11) is 0. The molecule has 0 spiro atoms. The summed E-state index contributed by atoms with van der Waals surface area (Å²) in [6.45, 7) is 3.26. The van der Waals surface area contributed by atoms with Crippen LogP contribution >= 0.6 is 0 Å². The predicted octanol–water partition coefficient (Wildman–Crippen LogP) is 0.603. The highest BCUT2D eigenvalue weighted by Gasteiger charge is 2.13. The van der Waals surface area contributed by atoms with E-state index in [1.165, 1.54) is 6.07 Å². The first kappa shape index (κ1) is 12.2. The third-order valence-electron chi connectivity index (χ3n) is 2.63. The number of ether oxygens (including phenoxy) is 2. The van der Waals surface area contributed by atoms with E-state index in [1.807, 2.05) is 0 Å². The minimum Gasteiger partial charge on any atom is -0.504 e. The second kappa shape index (κ2) is 5.86. The van der Waals surface area contributed by atoms with Gasteiger partial charge in [0.2, 0.25) is 0 Å². The Labute approximate surface area is 100.0 Å². The number of phenolic OH excluding ortho intramolecular Hbond substituents is 2. The van der Waals surface area contributed by atoms with Crippen molar-refractivity contribution in [3.05, 3.63) is 23.8 Å². The Balaban J connectivity index is 1.75. The third-order valence-corrected chi connectivity index (χ3v) is 2.63. The summed E-state index contributed by atoms with van der Waals surface area (Å²) in [6, 6.07) is 4.79. The summed E-state index contributed by atoms with van der Waals surface area (Å²) in [5, 5.41) is 21.7. The van der Waals surface area contributed by atoms with Crippen molar-refractivity contribution in [3.8, 4) is 11.5 Å². The Hall–Kier alpha value is -1.30. The lowest BCUT2D eigenvalue weighted by Gasteiger charge is -2.23. The average molecular weight is 239 g/mol. The van der Waals surface area contributed by atoms with E-state index in [9.17, 15) is 5.11 Å². The standard InChI is InChI=1S/C12H17NO4/c14-11-2-1-9(5-12(11)15)6-13-7-10-8-16-3-4-17-10/h1-2,5,10,13-15H,3-4,6-8H2. The lowest BCUT2D eigenvalue weighted by molar-refractivity contribution is -0.0864. The van der Waals surface area contributed by atoms with Gasteiger partial charge in [0, 0.05) is 13.1 Å². The van der Waals surface area contributed by atoms with Gasteiger partial charge in [-0.25, -0.2) is 0 Å². The predicted molar refractivity (Wildman–Crippen MR) is 62.0 cm³/mol. The molecule has 1 aliphatic heterocycles. The molecule has 1 aromatic carbocycles. The van der Waals surface area contributed by atoms with E-state index in [4.69, 9.17) is 14.6 Å². The molecule has 0 radical (unpaired) electrons. The molecule has 17 heavy (non-hydrogen) atoms. The molecule has 0 saturated carbocycles. The van der Waals surface area contributed by atoms with E-state index >= 15 is 0 Å². The summed E-state index contributed by atoms with van der Waals surface area (Å²) >= 11 is 0. The Kier molecular flexibility index (Phi) is 4.19. The normalized spacial score (nSPS) is 20.4. The van der Waals surface area contributed by atoms with Crippen LogP contribution in [-0.2, 0) is 16.0 Å². The van der Waals surface area contributed by atoms with E-state index in [0.29, 0.717) is 32.9 Å². The number of hydrogen-bond acceptors (Lipinski definition) is 5. The van der Waals surface area contributed by atoms with E-state index in [0.717, 1.165) is 5.56 Å². The van der Waals surface area contributed by atoms with Gasteiger partial charge in [0.25, 0.3) is 0 Å². The fourth-order valence-electron chi connectivity index (χ4n) is 1.71. The maximum Gasteiger partial charge on any atom is 0.157 e. The molecule has 1 aromatic rings. The number of phenols is 2. The van der Waals surface area contributed by atoms with E-state index < -0.39 is 0 Å². The first-order chi connectivity index (χ1) is 8.25. The van der Waals surface area contributed by atoms with Gasteiger partial charge in [-0.3, -0.25) is 0 Å². The first-order valence-corrected chi connectivity index (χ1v) is 5.66. The molecule has 1 atom stereocenters. The molecule has 2 rings (SSSR count). The van der Waals surface area contributed by atoms with Crippen LogP contribution in [0.5, 0.6) is 11.5 Å². The number of benzene rings is 1. The summed E-state index contributed by atoms with van der Waals surface area (Å²) < 4.78 is 10.8.